The van der Waals surface area contributed by atoms with Crippen molar-refractivity contribution in [2.75, 3.05) is 5.73 Å². The molecule has 1 aromatic heterocycles. The van der Waals surface area contributed by atoms with Gasteiger partial charge in [0.25, 0.3) is 5.91 Å². The van der Waals surface area contributed by atoms with Gasteiger partial charge in [0.15, 0.2) is 5.11 Å². The third-order valence-corrected chi connectivity index (χ3v) is 3.30. The molecule has 1 aromatic carbocycles. The Labute approximate surface area is 114 Å². The van der Waals surface area contributed by atoms with Crippen LogP contribution in [0.1, 0.15) is 16.1 Å². The molecule has 3 rings (SSSR count). The summed E-state index contributed by atoms with van der Waals surface area (Å²) in [6.07, 6.45) is 0. The Kier molecular flexibility index (Phi) is 2.37. The minimum absolute atomic E-state index is 0.194. The Balaban J connectivity index is 2.41. The van der Waals surface area contributed by atoms with Crippen LogP contribution < -0.4 is 11.1 Å². The highest BCUT2D eigenvalue weighted by Crippen LogP contribution is 2.35. The predicted molar refractivity (Wildman–Crippen MR) is 74.5 cm³/mol. The molecule has 0 saturated heterocycles. The summed E-state index contributed by atoms with van der Waals surface area (Å²) in [7, 11) is 0. The van der Waals surface area contributed by atoms with Gasteiger partial charge >= 0.3 is 0 Å². The largest absolute Gasteiger partial charge is 0.384 e. The number of thiocarbonyl (C=S) groups is 1. The van der Waals surface area contributed by atoms with Crippen molar-refractivity contribution in [2.24, 2.45) is 0 Å². The van der Waals surface area contributed by atoms with E-state index >= 15 is 0 Å². The number of hydrogen-bond acceptors (Lipinski definition) is 4. The maximum absolute atomic E-state index is 12.0. The van der Waals surface area contributed by atoms with E-state index in [1.807, 2.05) is 36.4 Å². The molecule has 0 radical (unpaired) electrons. The number of nitriles is 1. The molecule has 19 heavy (non-hydrogen) atoms. The normalized spacial score (nSPS) is 13.0. The molecule has 0 saturated carbocycles. The molecule has 1 aliphatic heterocycles. The summed E-state index contributed by atoms with van der Waals surface area (Å²) >= 11 is 5.05. The van der Waals surface area contributed by atoms with E-state index in [1.54, 1.807) is 0 Å². The van der Waals surface area contributed by atoms with Crippen molar-refractivity contribution < 1.29 is 4.79 Å². The van der Waals surface area contributed by atoms with Crippen molar-refractivity contribution in [1.29, 1.82) is 5.26 Å². The second-order valence-electron chi connectivity index (χ2n) is 4.06. The van der Waals surface area contributed by atoms with Crippen LogP contribution in [0.5, 0.6) is 0 Å². The second kappa shape index (κ2) is 3.93. The molecule has 2 aromatic rings. The number of amides is 1. The molecule has 2 heterocycles. The fraction of sp³-hybridized carbons (Fsp3) is 0. The van der Waals surface area contributed by atoms with E-state index in [-0.39, 0.29) is 22.4 Å². The van der Waals surface area contributed by atoms with Crippen LogP contribution in [0.3, 0.4) is 0 Å². The Bertz CT molecular complexity index is 755. The van der Waals surface area contributed by atoms with Crippen LogP contribution in [0, 0.1) is 11.3 Å². The van der Waals surface area contributed by atoms with Gasteiger partial charge in [-0.05, 0) is 17.8 Å². The summed E-state index contributed by atoms with van der Waals surface area (Å²) in [5.41, 5.74) is 7.81. The molecule has 5 nitrogen and oxygen atoms in total. The third kappa shape index (κ3) is 1.46. The number of nitrogens with one attached hydrogen (secondary N) is 1. The van der Waals surface area contributed by atoms with Gasteiger partial charge < -0.3 is 5.73 Å². The molecule has 0 atom stereocenters. The zero-order chi connectivity index (χ0) is 13.6. The highest BCUT2D eigenvalue weighted by Gasteiger charge is 2.33. The molecule has 0 fully saturated rings. The Morgan fingerprint density at radius 3 is 2.63 bits per heavy atom. The van der Waals surface area contributed by atoms with Gasteiger partial charge in [-0.2, -0.15) is 5.26 Å². The molecule has 0 aliphatic carbocycles. The number of aromatic nitrogens is 1. The van der Waals surface area contributed by atoms with Crippen LogP contribution in [-0.4, -0.2) is 15.6 Å². The number of carbonyl (C=O) groups is 1. The molecular weight excluding hydrogens is 260 g/mol. The van der Waals surface area contributed by atoms with Gasteiger partial charge in [0.1, 0.15) is 23.1 Å². The van der Waals surface area contributed by atoms with Crippen molar-refractivity contribution in [1.82, 2.24) is 9.88 Å². The number of fused-ring (bicyclic) bond motifs is 1. The lowest BCUT2D eigenvalue weighted by Gasteiger charge is -2.01. The summed E-state index contributed by atoms with van der Waals surface area (Å²) in [5, 5.41) is 12.0. The smallest absolute Gasteiger partial charge is 0.275 e. The Morgan fingerprint density at radius 2 is 2.00 bits per heavy atom. The van der Waals surface area contributed by atoms with Crippen molar-refractivity contribution in [3.63, 3.8) is 0 Å². The standard InChI is InChI=1S/C13H8N4OS/c14-6-8-9(7-4-2-1-3-5-7)10-12(18)16-13(19)17(10)11(8)15/h1-5H,15H2,(H,16,18,19). The van der Waals surface area contributed by atoms with Crippen LogP contribution in [0.2, 0.25) is 0 Å². The molecule has 1 aliphatic rings. The lowest BCUT2D eigenvalue weighted by atomic mass is 10.0. The highest BCUT2D eigenvalue weighted by atomic mass is 32.1. The monoisotopic (exact) mass is 268 g/mol. The topological polar surface area (TPSA) is 83.8 Å². The van der Waals surface area contributed by atoms with Crippen molar-refractivity contribution in [3.8, 4) is 17.2 Å². The van der Waals surface area contributed by atoms with Gasteiger partial charge in [-0.15, -0.1) is 0 Å². The van der Waals surface area contributed by atoms with Crippen molar-refractivity contribution in [2.45, 2.75) is 0 Å². The third-order valence-electron chi connectivity index (χ3n) is 3.02. The molecule has 6 heteroatoms. The van der Waals surface area contributed by atoms with Crippen LogP contribution in [0.25, 0.3) is 11.1 Å². The maximum atomic E-state index is 12.0. The van der Waals surface area contributed by atoms with E-state index in [0.29, 0.717) is 11.3 Å². The number of nitrogens with two attached hydrogens (primary N) is 1. The van der Waals surface area contributed by atoms with Crippen LogP contribution in [0.15, 0.2) is 30.3 Å². The van der Waals surface area contributed by atoms with Crippen molar-refractivity contribution >= 4 is 29.1 Å². The van der Waals surface area contributed by atoms with Crippen molar-refractivity contribution in [3.05, 3.63) is 41.6 Å². The predicted octanol–water partition coefficient (Wildman–Crippen LogP) is 1.49. The zero-order valence-corrected chi connectivity index (χ0v) is 10.5. The summed E-state index contributed by atoms with van der Waals surface area (Å²) in [5.74, 6) is -0.142. The number of carbonyl (C=O) groups excluding carboxylic acids is 1. The van der Waals surface area contributed by atoms with Crippen LogP contribution in [0.4, 0.5) is 5.82 Å². The first kappa shape index (κ1) is 11.4. The Hall–Kier alpha value is -2.65. The first-order valence-corrected chi connectivity index (χ1v) is 5.91. The van der Waals surface area contributed by atoms with E-state index in [9.17, 15) is 10.1 Å². The number of nitrogens with zero attached hydrogens (tertiary/aromatic N) is 2. The number of nitrogen functional groups attached to an aromatic ring is 1. The first-order chi connectivity index (χ1) is 9.15. The van der Waals surface area contributed by atoms with E-state index in [0.717, 1.165) is 5.56 Å². The summed E-state index contributed by atoms with van der Waals surface area (Å²) in [6.45, 7) is 0. The zero-order valence-electron chi connectivity index (χ0n) is 9.68. The van der Waals surface area contributed by atoms with Gasteiger partial charge in [-0.1, -0.05) is 30.3 Å². The quantitative estimate of drug-likeness (QED) is 0.767. The Morgan fingerprint density at radius 1 is 1.32 bits per heavy atom. The average Bonchev–Trinajstić information content (AvgIpc) is 2.87. The van der Waals surface area contributed by atoms with E-state index in [2.05, 4.69) is 5.32 Å². The van der Waals surface area contributed by atoms with Gasteiger partial charge in [-0.25, -0.2) is 0 Å². The molecule has 92 valence electrons. The maximum Gasteiger partial charge on any atom is 0.275 e. The summed E-state index contributed by atoms with van der Waals surface area (Å²) < 4.78 is 1.42. The number of benzene rings is 1. The second-order valence-corrected chi connectivity index (χ2v) is 4.44. The average molecular weight is 268 g/mol. The molecule has 3 N–H and O–H groups in total. The molecule has 0 bridgehead atoms. The van der Waals surface area contributed by atoms with Gasteiger partial charge in [0.2, 0.25) is 0 Å². The minimum atomic E-state index is -0.336. The molecule has 1 amide bonds. The number of hydrogen-bond donors (Lipinski definition) is 2. The number of anilines is 1. The van der Waals surface area contributed by atoms with Gasteiger partial charge in [0.05, 0.1) is 0 Å². The lowest BCUT2D eigenvalue weighted by molar-refractivity contribution is 0.0982. The van der Waals surface area contributed by atoms with E-state index in [4.69, 9.17) is 18.0 Å². The molecule has 0 unspecified atom stereocenters. The lowest BCUT2D eigenvalue weighted by Crippen LogP contribution is -2.23. The highest BCUT2D eigenvalue weighted by molar-refractivity contribution is 7.80. The van der Waals surface area contributed by atoms with E-state index < -0.39 is 0 Å². The fourth-order valence-corrected chi connectivity index (χ4v) is 2.51. The SMILES string of the molecule is N#Cc1c(-c2ccccc2)c2n(c1N)C(=S)NC2=O. The summed E-state index contributed by atoms with van der Waals surface area (Å²) in [6, 6.07) is 11.2. The number of rotatable bonds is 1. The first-order valence-electron chi connectivity index (χ1n) is 5.50. The van der Waals surface area contributed by atoms with Crippen LogP contribution >= 0.6 is 12.2 Å². The summed E-state index contributed by atoms with van der Waals surface area (Å²) in [4.78, 5) is 12.0. The van der Waals surface area contributed by atoms with Gasteiger partial charge in [0, 0.05) is 5.56 Å². The van der Waals surface area contributed by atoms with Gasteiger partial charge in [-0.3, -0.25) is 14.7 Å². The van der Waals surface area contributed by atoms with Crippen LogP contribution in [-0.2, 0) is 0 Å². The molecule has 0 spiro atoms. The molecular formula is C13H8N4OS. The van der Waals surface area contributed by atoms with E-state index in [1.165, 1.54) is 4.57 Å². The fourth-order valence-electron chi connectivity index (χ4n) is 2.23. The minimum Gasteiger partial charge on any atom is -0.384 e.